The van der Waals surface area contributed by atoms with Gasteiger partial charge in [-0.05, 0) is 0 Å². The molecule has 0 fully saturated rings. The normalized spacial score (nSPS) is 5.14. The third kappa shape index (κ3) is 3800. The first-order valence-electron chi connectivity index (χ1n) is 4.62. The molecule has 0 rings (SSSR count). The molecule has 0 aromatic heterocycles. The molecule has 88 valence electrons. The smallest absolute Gasteiger partial charge is 2.00 e. The summed E-state index contributed by atoms with van der Waals surface area (Å²) in [4.78, 5) is 0. The molecule has 0 bridgehead atoms. The maximum Gasteiger partial charge on any atom is 4.00 e. The second-order valence-electron chi connectivity index (χ2n) is 2.31. The van der Waals surface area contributed by atoms with Crippen LogP contribution in [-0.4, -0.2) is 0 Å². The van der Waals surface area contributed by atoms with Crippen molar-refractivity contribution < 1.29 is 27.2 Å². The molecule has 14 heavy (non-hydrogen) atoms. The quantitative estimate of drug-likeness (QED) is 0.427. The van der Waals surface area contributed by atoms with Crippen molar-refractivity contribution >= 4 is 0 Å². The van der Waals surface area contributed by atoms with Crippen molar-refractivity contribution in [1.82, 2.24) is 0 Å². The third-order valence-corrected chi connectivity index (χ3v) is 0. The van der Waals surface area contributed by atoms with E-state index in [1.165, 1.54) is 0 Å². The molecule has 0 amide bonds. The summed E-state index contributed by atoms with van der Waals surface area (Å²) >= 11 is 0. The molecule has 0 saturated heterocycles. The summed E-state index contributed by atoms with van der Waals surface area (Å²) in [6, 6.07) is 0. The van der Waals surface area contributed by atoms with Gasteiger partial charge in [-0.15, -0.1) is 0 Å². The standard InChI is InChI=1S/4C3H7.O.Ti/c4*1-3-2;;/h4*3H,1-2H3;;/q4*-1;-2;+4. The predicted molar refractivity (Wildman–Crippen MR) is 63.3 cm³/mol. The van der Waals surface area contributed by atoms with E-state index in [-0.39, 0.29) is 27.2 Å². The van der Waals surface area contributed by atoms with Crippen LogP contribution < -0.4 is 0 Å². The van der Waals surface area contributed by atoms with Gasteiger partial charge in [0.25, 0.3) is 0 Å². The monoisotopic (exact) mass is 236 g/mol. The van der Waals surface area contributed by atoms with Crippen molar-refractivity contribution in [2.45, 2.75) is 55.4 Å². The van der Waals surface area contributed by atoms with Crippen LogP contribution in [0, 0.1) is 25.7 Å². The Morgan fingerprint density at radius 2 is 0.429 bits per heavy atom. The first-order chi connectivity index (χ1) is 5.66. The van der Waals surface area contributed by atoms with Gasteiger partial charge < -0.3 is 31.2 Å². The second-order valence-corrected chi connectivity index (χ2v) is 2.31. The summed E-state index contributed by atoms with van der Waals surface area (Å²) in [7, 11) is 0. The Labute approximate surface area is 108 Å². The van der Waals surface area contributed by atoms with E-state index in [2.05, 4.69) is 0 Å². The molecule has 0 atom stereocenters. The van der Waals surface area contributed by atoms with Crippen LogP contribution in [-0.2, 0) is 27.2 Å². The molecule has 0 aliphatic rings. The SMILES string of the molecule is C[CH-]C.C[CH-]C.C[CH-]C.C[CH-]C.[O-2].[Ti+4]. The first-order valence-corrected chi connectivity index (χ1v) is 4.62. The Morgan fingerprint density at radius 3 is 0.429 bits per heavy atom. The van der Waals surface area contributed by atoms with Gasteiger partial charge in [0.05, 0.1) is 0 Å². The number of hydrogen-bond acceptors (Lipinski definition) is 0. The van der Waals surface area contributed by atoms with Gasteiger partial charge >= 0.3 is 21.7 Å². The summed E-state index contributed by atoms with van der Waals surface area (Å²) in [5, 5.41) is 0. The maximum absolute atomic E-state index is 2.00. The van der Waals surface area contributed by atoms with Gasteiger partial charge in [0, 0.05) is 0 Å². The third-order valence-electron chi connectivity index (χ3n) is 0. The fourth-order valence-corrected chi connectivity index (χ4v) is 0. The zero-order valence-electron chi connectivity index (χ0n) is 11.2. The number of rotatable bonds is 0. The fourth-order valence-electron chi connectivity index (χ4n) is 0. The van der Waals surface area contributed by atoms with Gasteiger partial charge in [0.1, 0.15) is 0 Å². The molecular formula is C12H28OTi-2. The minimum atomic E-state index is 0. The van der Waals surface area contributed by atoms with Crippen molar-refractivity contribution in [2.24, 2.45) is 0 Å². The Bertz CT molecular complexity index is 18.3. The minimum Gasteiger partial charge on any atom is -2.00 e. The van der Waals surface area contributed by atoms with Crippen LogP contribution >= 0.6 is 0 Å². The topological polar surface area (TPSA) is 28.5 Å². The Hall–Kier alpha value is 0.674. The zero-order chi connectivity index (χ0) is 10.8. The summed E-state index contributed by atoms with van der Waals surface area (Å²) in [5.41, 5.74) is 0. The molecule has 0 aliphatic heterocycles. The van der Waals surface area contributed by atoms with Gasteiger partial charge in [0.2, 0.25) is 0 Å². The summed E-state index contributed by atoms with van der Waals surface area (Å²) in [6.45, 7) is 16.0. The van der Waals surface area contributed by atoms with E-state index in [4.69, 9.17) is 0 Å². The van der Waals surface area contributed by atoms with Gasteiger partial charge in [-0.1, -0.05) is 0 Å². The van der Waals surface area contributed by atoms with Crippen molar-refractivity contribution in [1.29, 1.82) is 0 Å². The van der Waals surface area contributed by atoms with Crippen LogP contribution in [0.4, 0.5) is 0 Å². The molecule has 0 spiro atoms. The Balaban J connectivity index is -0.0000000145. The van der Waals surface area contributed by atoms with Crippen molar-refractivity contribution in [3.8, 4) is 0 Å². The van der Waals surface area contributed by atoms with Crippen molar-refractivity contribution in [2.75, 3.05) is 0 Å². The molecule has 1 nitrogen and oxygen atoms in total. The van der Waals surface area contributed by atoms with Gasteiger partial charge in [-0.3, -0.25) is 0 Å². The van der Waals surface area contributed by atoms with E-state index in [9.17, 15) is 0 Å². The van der Waals surface area contributed by atoms with Crippen LogP contribution in [0.1, 0.15) is 55.4 Å². The molecule has 0 radical (unpaired) electrons. The molecule has 0 aromatic carbocycles. The van der Waals surface area contributed by atoms with Crippen molar-refractivity contribution in [3.63, 3.8) is 0 Å². The molecule has 0 unspecified atom stereocenters. The van der Waals surface area contributed by atoms with Crippen LogP contribution in [0.15, 0.2) is 0 Å². The number of hydrogen-bond donors (Lipinski definition) is 0. The first kappa shape index (κ1) is 36.5. The maximum atomic E-state index is 2.00. The predicted octanol–water partition coefficient (Wildman–Crippen LogP) is 4.80. The van der Waals surface area contributed by atoms with Crippen LogP contribution in [0.2, 0.25) is 0 Å². The summed E-state index contributed by atoms with van der Waals surface area (Å²) < 4.78 is 0. The van der Waals surface area contributed by atoms with E-state index in [0.717, 1.165) is 0 Å². The molecule has 2 heteroatoms. The van der Waals surface area contributed by atoms with E-state index in [0.29, 0.717) is 0 Å². The Morgan fingerprint density at radius 1 is 0.429 bits per heavy atom. The molecule has 0 saturated carbocycles. The van der Waals surface area contributed by atoms with Gasteiger partial charge in [0.15, 0.2) is 0 Å². The largest absolute Gasteiger partial charge is 4.00 e. The van der Waals surface area contributed by atoms with E-state index in [1.54, 1.807) is 0 Å². The van der Waals surface area contributed by atoms with E-state index < -0.39 is 0 Å². The fraction of sp³-hybridized carbons (Fsp3) is 0.667. The van der Waals surface area contributed by atoms with E-state index >= 15 is 0 Å². The van der Waals surface area contributed by atoms with Crippen LogP contribution in [0.5, 0.6) is 0 Å². The second kappa shape index (κ2) is 101. The molecule has 0 N–H and O–H groups in total. The van der Waals surface area contributed by atoms with Crippen LogP contribution in [0.25, 0.3) is 0 Å². The summed E-state index contributed by atoms with van der Waals surface area (Å²) in [6.07, 6.45) is 8.00. The molecule has 0 aliphatic carbocycles. The van der Waals surface area contributed by atoms with E-state index in [1.807, 2.05) is 81.1 Å². The Kier molecular flexibility index (Phi) is 262. The average Bonchev–Trinajstić information content (AvgIpc) is 1.92. The molecule has 0 aromatic rings. The average molecular weight is 236 g/mol. The van der Waals surface area contributed by atoms with Gasteiger partial charge in [-0.2, -0.15) is 55.4 Å². The molecule has 0 heterocycles. The van der Waals surface area contributed by atoms with Gasteiger partial charge in [-0.25, -0.2) is 0 Å². The van der Waals surface area contributed by atoms with Crippen LogP contribution in [0.3, 0.4) is 0 Å². The zero-order valence-corrected chi connectivity index (χ0v) is 12.8. The van der Waals surface area contributed by atoms with Crippen molar-refractivity contribution in [3.05, 3.63) is 25.7 Å². The minimum absolute atomic E-state index is 0. The molecular weight excluding hydrogens is 208 g/mol. The summed E-state index contributed by atoms with van der Waals surface area (Å²) in [5.74, 6) is 0.